The Hall–Kier alpha value is -1.29. The molecule has 0 aromatic rings. The van der Waals surface area contributed by atoms with Crippen LogP contribution in [0.15, 0.2) is 28.0 Å². The standard InChI is InChI=1S/C8H5N2OS/c11-6-3-1-2-5-8(6)9-4-7(12)10-5/h1-3,10,12H. The monoisotopic (exact) mass is 177 g/mol. The summed E-state index contributed by atoms with van der Waals surface area (Å²) in [6, 6.07) is 4.92. The van der Waals surface area contributed by atoms with Crippen molar-refractivity contribution in [1.29, 1.82) is 0 Å². The van der Waals surface area contributed by atoms with E-state index in [1.807, 2.05) is 0 Å². The highest BCUT2D eigenvalue weighted by molar-refractivity contribution is 7.80. The molecule has 0 saturated carbocycles. The third kappa shape index (κ3) is 1.10. The lowest BCUT2D eigenvalue weighted by atomic mass is 10.2. The van der Waals surface area contributed by atoms with E-state index in [0.29, 0.717) is 16.4 Å². The van der Waals surface area contributed by atoms with Crippen molar-refractivity contribution >= 4 is 12.6 Å². The van der Waals surface area contributed by atoms with Gasteiger partial charge >= 0.3 is 0 Å². The van der Waals surface area contributed by atoms with Crippen molar-refractivity contribution in [1.82, 2.24) is 9.97 Å². The molecule has 1 radical (unpaired) electrons. The molecule has 0 spiro atoms. The van der Waals surface area contributed by atoms with E-state index in [4.69, 9.17) is 0 Å². The molecular formula is C8H5N2OS. The van der Waals surface area contributed by atoms with Crippen molar-refractivity contribution in [3.63, 3.8) is 0 Å². The van der Waals surface area contributed by atoms with Crippen LogP contribution in [-0.2, 0) is 0 Å². The van der Waals surface area contributed by atoms with Gasteiger partial charge in [0.2, 0.25) is 5.43 Å². The minimum Gasteiger partial charge on any atom is -0.347 e. The summed E-state index contributed by atoms with van der Waals surface area (Å²) in [6.07, 6.45) is 2.57. The first kappa shape index (κ1) is 7.36. The molecule has 0 bridgehead atoms. The molecular weight excluding hydrogens is 172 g/mol. The predicted molar refractivity (Wildman–Crippen MR) is 47.6 cm³/mol. The number of hydrogen-bond acceptors (Lipinski definition) is 3. The zero-order chi connectivity index (χ0) is 8.55. The summed E-state index contributed by atoms with van der Waals surface area (Å²) in [5.74, 6) is 0. The summed E-state index contributed by atoms with van der Waals surface area (Å²) < 4.78 is 0. The summed E-state index contributed by atoms with van der Waals surface area (Å²) in [4.78, 5) is 17.9. The molecule has 1 heterocycles. The van der Waals surface area contributed by atoms with Gasteiger partial charge in [-0.3, -0.25) is 4.79 Å². The van der Waals surface area contributed by atoms with Gasteiger partial charge in [-0.25, -0.2) is 4.98 Å². The van der Waals surface area contributed by atoms with E-state index in [2.05, 4.69) is 28.8 Å². The molecule has 2 rings (SSSR count). The van der Waals surface area contributed by atoms with Crippen LogP contribution in [0.4, 0.5) is 0 Å². The summed E-state index contributed by atoms with van der Waals surface area (Å²) >= 11 is 4.02. The van der Waals surface area contributed by atoms with Crippen molar-refractivity contribution in [2.75, 3.05) is 0 Å². The third-order valence-corrected chi connectivity index (χ3v) is 1.74. The molecule has 1 aliphatic carbocycles. The molecule has 0 amide bonds. The number of rotatable bonds is 0. The number of aromatic nitrogens is 2. The second kappa shape index (κ2) is 2.64. The van der Waals surface area contributed by atoms with Gasteiger partial charge in [-0.15, -0.1) is 12.6 Å². The SMILES string of the molecule is O=c1cccc2[nH]c(S)[c]nc1-2. The lowest BCUT2D eigenvalue weighted by Crippen LogP contribution is -2.07. The number of nitrogens with one attached hydrogen (secondary N) is 1. The summed E-state index contributed by atoms with van der Waals surface area (Å²) in [6.45, 7) is 0. The third-order valence-electron chi connectivity index (χ3n) is 1.53. The van der Waals surface area contributed by atoms with Crippen LogP contribution < -0.4 is 5.43 Å². The van der Waals surface area contributed by atoms with E-state index >= 15 is 0 Å². The minimum atomic E-state index is -0.103. The maximum Gasteiger partial charge on any atom is 0.206 e. The van der Waals surface area contributed by atoms with Crippen LogP contribution in [0.3, 0.4) is 0 Å². The van der Waals surface area contributed by atoms with Crippen LogP contribution in [0, 0.1) is 6.20 Å². The van der Waals surface area contributed by atoms with Gasteiger partial charge in [-0.1, -0.05) is 6.07 Å². The highest BCUT2D eigenvalue weighted by Crippen LogP contribution is 2.12. The summed E-state index contributed by atoms with van der Waals surface area (Å²) in [5.41, 5.74) is 0.981. The van der Waals surface area contributed by atoms with E-state index in [-0.39, 0.29) is 5.43 Å². The topological polar surface area (TPSA) is 45.8 Å². The van der Waals surface area contributed by atoms with Crippen LogP contribution in [0.2, 0.25) is 0 Å². The van der Waals surface area contributed by atoms with Crippen LogP contribution in [0.1, 0.15) is 0 Å². The number of para-hydroxylation sites is 1. The Morgan fingerprint density at radius 1 is 1.50 bits per heavy atom. The van der Waals surface area contributed by atoms with Crippen LogP contribution in [0.25, 0.3) is 11.4 Å². The van der Waals surface area contributed by atoms with Crippen LogP contribution in [-0.4, -0.2) is 9.97 Å². The smallest absolute Gasteiger partial charge is 0.206 e. The molecule has 12 heavy (non-hydrogen) atoms. The van der Waals surface area contributed by atoms with Gasteiger partial charge in [0.25, 0.3) is 0 Å². The molecule has 4 heteroatoms. The van der Waals surface area contributed by atoms with Gasteiger partial charge in [0, 0.05) is 0 Å². The second-order valence-electron chi connectivity index (χ2n) is 2.35. The predicted octanol–water partition coefficient (Wildman–Crippen LogP) is 0.964. The van der Waals surface area contributed by atoms with Crippen LogP contribution in [0.5, 0.6) is 0 Å². The Morgan fingerprint density at radius 3 is 3.17 bits per heavy atom. The molecule has 0 atom stereocenters. The van der Waals surface area contributed by atoms with Gasteiger partial charge < -0.3 is 4.98 Å². The first-order valence-electron chi connectivity index (χ1n) is 3.37. The van der Waals surface area contributed by atoms with E-state index in [9.17, 15) is 4.79 Å². The molecule has 0 saturated heterocycles. The van der Waals surface area contributed by atoms with Crippen molar-refractivity contribution in [2.24, 2.45) is 0 Å². The lowest BCUT2D eigenvalue weighted by Gasteiger charge is -2.01. The Bertz CT molecular complexity index is 438. The summed E-state index contributed by atoms with van der Waals surface area (Å²) in [5, 5.41) is 0.521. The maximum atomic E-state index is 11.2. The Kier molecular flexibility index (Phi) is 1.62. The first-order valence-corrected chi connectivity index (χ1v) is 3.82. The molecule has 2 aliphatic rings. The normalized spacial score (nSPS) is 10.4. The second-order valence-corrected chi connectivity index (χ2v) is 2.80. The fraction of sp³-hybridized carbons (Fsp3) is 0. The highest BCUT2D eigenvalue weighted by atomic mass is 32.1. The minimum absolute atomic E-state index is 0.103. The maximum absolute atomic E-state index is 11.2. The first-order chi connectivity index (χ1) is 5.77. The van der Waals surface area contributed by atoms with E-state index < -0.39 is 0 Å². The van der Waals surface area contributed by atoms with Crippen molar-refractivity contribution in [3.8, 4) is 11.4 Å². The van der Waals surface area contributed by atoms with Gasteiger partial charge in [0.15, 0.2) is 0 Å². The fourth-order valence-corrected chi connectivity index (χ4v) is 1.17. The number of H-pyrrole nitrogens is 1. The van der Waals surface area contributed by atoms with Gasteiger partial charge in [-0.05, 0) is 12.1 Å². The van der Waals surface area contributed by atoms with Crippen molar-refractivity contribution in [3.05, 3.63) is 34.6 Å². The molecule has 0 aromatic carbocycles. The molecule has 0 aromatic heterocycles. The van der Waals surface area contributed by atoms with Gasteiger partial charge in [-0.2, -0.15) is 0 Å². The molecule has 0 unspecified atom stereocenters. The largest absolute Gasteiger partial charge is 0.347 e. The molecule has 1 N–H and O–H groups in total. The Balaban J connectivity index is 2.86. The van der Waals surface area contributed by atoms with Crippen molar-refractivity contribution < 1.29 is 0 Å². The average molecular weight is 177 g/mol. The Morgan fingerprint density at radius 2 is 2.33 bits per heavy atom. The summed E-state index contributed by atoms with van der Waals surface area (Å²) in [7, 11) is 0. The zero-order valence-electron chi connectivity index (χ0n) is 6.03. The van der Waals surface area contributed by atoms with Gasteiger partial charge in [0.1, 0.15) is 11.9 Å². The van der Waals surface area contributed by atoms with Crippen molar-refractivity contribution in [2.45, 2.75) is 5.03 Å². The molecule has 3 nitrogen and oxygen atoms in total. The quantitative estimate of drug-likeness (QED) is 0.589. The van der Waals surface area contributed by atoms with E-state index in [0.717, 1.165) is 0 Å². The zero-order valence-corrected chi connectivity index (χ0v) is 6.93. The highest BCUT2D eigenvalue weighted by Gasteiger charge is 2.05. The Labute approximate surface area is 74.2 Å². The number of aromatic amines is 1. The fourth-order valence-electron chi connectivity index (χ4n) is 1.00. The number of nitrogens with zero attached hydrogens (tertiary/aromatic N) is 1. The van der Waals surface area contributed by atoms with E-state index in [1.54, 1.807) is 12.1 Å². The molecule has 59 valence electrons. The number of fused-ring (bicyclic) bond motifs is 1. The molecule has 0 fully saturated rings. The number of hydrogen-bond donors (Lipinski definition) is 2. The average Bonchev–Trinajstić information content (AvgIpc) is 2.04. The molecule has 1 aliphatic heterocycles. The van der Waals surface area contributed by atoms with E-state index in [1.165, 1.54) is 6.07 Å². The lowest BCUT2D eigenvalue weighted by molar-refractivity contribution is 1.04. The number of thiol groups is 1. The number of benzene rings is 1. The van der Waals surface area contributed by atoms with Crippen LogP contribution >= 0.6 is 12.6 Å². The van der Waals surface area contributed by atoms with Gasteiger partial charge in [0.05, 0.1) is 10.7 Å².